The zero-order chi connectivity index (χ0) is 32.3. The summed E-state index contributed by atoms with van der Waals surface area (Å²) in [5.41, 5.74) is 10.5. The normalized spacial score (nSPS) is 11.7. The van der Waals surface area contributed by atoms with Crippen molar-refractivity contribution in [3.05, 3.63) is 188 Å². The molecule has 2 aromatic heterocycles. The second kappa shape index (κ2) is 11.0. The standard InChI is InChI=1S/C46H31N3/c1-3-15-34(16-4-1)47(37-25-27-45-41(30-37)39-19-9-11-21-43(39)48(45)35-17-5-2-6-18-35)38-26-28-46-42(31-38)40-20-10-12-22-44(40)49(46)36-24-23-32-13-7-8-14-33(32)29-36/h1-31H. The van der Waals surface area contributed by atoms with E-state index < -0.39 is 0 Å². The molecule has 3 nitrogen and oxygen atoms in total. The van der Waals surface area contributed by atoms with Gasteiger partial charge in [0.2, 0.25) is 0 Å². The molecule has 0 atom stereocenters. The Morgan fingerprint density at radius 3 is 1.41 bits per heavy atom. The van der Waals surface area contributed by atoms with Gasteiger partial charge < -0.3 is 14.0 Å². The van der Waals surface area contributed by atoms with E-state index in [1.54, 1.807) is 0 Å². The number of hydrogen-bond donors (Lipinski definition) is 0. The molecular formula is C46H31N3. The molecule has 10 rings (SSSR count). The molecule has 0 aliphatic rings. The quantitative estimate of drug-likeness (QED) is 0.185. The number of para-hydroxylation sites is 4. The van der Waals surface area contributed by atoms with Gasteiger partial charge in [0.05, 0.1) is 22.1 Å². The van der Waals surface area contributed by atoms with Crippen LogP contribution in [-0.2, 0) is 0 Å². The molecule has 0 aliphatic carbocycles. The van der Waals surface area contributed by atoms with Gasteiger partial charge in [-0.2, -0.15) is 0 Å². The Hall–Kier alpha value is -6.58. The molecule has 0 N–H and O–H groups in total. The summed E-state index contributed by atoms with van der Waals surface area (Å²) in [7, 11) is 0. The molecule has 0 unspecified atom stereocenters. The molecule has 0 fully saturated rings. The predicted octanol–water partition coefficient (Wildman–Crippen LogP) is 12.5. The summed E-state index contributed by atoms with van der Waals surface area (Å²) in [6, 6.07) is 68.0. The SMILES string of the molecule is c1ccc(N(c2ccc3c(c2)c2ccccc2n3-c2ccccc2)c2ccc3c(c2)c2ccccc2n3-c2ccc3ccccc3c2)cc1. The lowest BCUT2D eigenvalue weighted by atomic mass is 10.1. The largest absolute Gasteiger partial charge is 0.310 e. The van der Waals surface area contributed by atoms with Crippen LogP contribution in [0.4, 0.5) is 17.1 Å². The predicted molar refractivity (Wildman–Crippen MR) is 207 cm³/mol. The van der Waals surface area contributed by atoms with Gasteiger partial charge in [-0.1, -0.05) is 103 Å². The van der Waals surface area contributed by atoms with Crippen LogP contribution in [0, 0.1) is 0 Å². The van der Waals surface area contributed by atoms with Crippen LogP contribution >= 0.6 is 0 Å². The monoisotopic (exact) mass is 625 g/mol. The summed E-state index contributed by atoms with van der Waals surface area (Å²) < 4.78 is 4.77. The smallest absolute Gasteiger partial charge is 0.0542 e. The summed E-state index contributed by atoms with van der Waals surface area (Å²) in [5, 5.41) is 7.42. The number of aromatic nitrogens is 2. The Bertz CT molecular complexity index is 2830. The molecule has 8 aromatic carbocycles. The Labute approximate surface area is 284 Å². The van der Waals surface area contributed by atoms with Gasteiger partial charge >= 0.3 is 0 Å². The fourth-order valence-electron chi connectivity index (χ4n) is 7.67. The molecule has 0 aliphatic heterocycles. The van der Waals surface area contributed by atoms with Crippen LogP contribution < -0.4 is 4.90 Å². The van der Waals surface area contributed by atoms with E-state index in [9.17, 15) is 0 Å². The molecule has 0 amide bonds. The van der Waals surface area contributed by atoms with Gasteiger partial charge in [0.15, 0.2) is 0 Å². The van der Waals surface area contributed by atoms with Crippen molar-refractivity contribution in [1.29, 1.82) is 0 Å². The Morgan fingerprint density at radius 2 is 0.776 bits per heavy atom. The maximum absolute atomic E-state index is 2.40. The van der Waals surface area contributed by atoms with Crippen LogP contribution in [0.2, 0.25) is 0 Å². The third kappa shape index (κ3) is 4.37. The zero-order valence-electron chi connectivity index (χ0n) is 26.7. The summed E-state index contributed by atoms with van der Waals surface area (Å²) in [6.45, 7) is 0. The van der Waals surface area contributed by atoms with E-state index in [1.165, 1.54) is 54.4 Å². The molecule has 0 saturated heterocycles. The summed E-state index contributed by atoms with van der Waals surface area (Å²) in [6.07, 6.45) is 0. The van der Waals surface area contributed by atoms with Crippen LogP contribution in [0.25, 0.3) is 65.8 Å². The van der Waals surface area contributed by atoms with Crippen molar-refractivity contribution in [3.63, 3.8) is 0 Å². The van der Waals surface area contributed by atoms with Crippen molar-refractivity contribution in [3.8, 4) is 11.4 Å². The Kier molecular flexibility index (Phi) is 6.18. The van der Waals surface area contributed by atoms with Gasteiger partial charge in [-0.05, 0) is 95.7 Å². The summed E-state index contributed by atoms with van der Waals surface area (Å²) in [4.78, 5) is 2.38. The van der Waals surface area contributed by atoms with Gasteiger partial charge in [-0.3, -0.25) is 0 Å². The third-order valence-electron chi connectivity index (χ3n) is 9.85. The summed E-state index contributed by atoms with van der Waals surface area (Å²) in [5.74, 6) is 0. The first-order valence-corrected chi connectivity index (χ1v) is 16.8. The zero-order valence-corrected chi connectivity index (χ0v) is 26.7. The topological polar surface area (TPSA) is 13.1 Å². The van der Waals surface area contributed by atoms with Crippen molar-refractivity contribution in [1.82, 2.24) is 9.13 Å². The van der Waals surface area contributed by atoms with Crippen molar-refractivity contribution in [2.45, 2.75) is 0 Å². The average Bonchev–Trinajstić information content (AvgIpc) is 3.68. The first-order valence-electron chi connectivity index (χ1n) is 16.8. The van der Waals surface area contributed by atoms with Crippen LogP contribution in [-0.4, -0.2) is 9.13 Å². The van der Waals surface area contributed by atoms with Crippen molar-refractivity contribution < 1.29 is 0 Å². The van der Waals surface area contributed by atoms with Crippen LogP contribution in [0.3, 0.4) is 0 Å². The van der Waals surface area contributed by atoms with Gasteiger partial charge in [-0.15, -0.1) is 0 Å². The third-order valence-corrected chi connectivity index (χ3v) is 9.85. The van der Waals surface area contributed by atoms with E-state index in [2.05, 4.69) is 202 Å². The molecule has 0 saturated carbocycles. The minimum absolute atomic E-state index is 1.12. The number of fused-ring (bicyclic) bond motifs is 7. The lowest BCUT2D eigenvalue weighted by Crippen LogP contribution is -2.09. The maximum atomic E-state index is 2.40. The first-order chi connectivity index (χ1) is 24.3. The lowest BCUT2D eigenvalue weighted by Gasteiger charge is -2.26. The number of anilines is 3. The van der Waals surface area contributed by atoms with E-state index in [0.717, 1.165) is 28.4 Å². The van der Waals surface area contributed by atoms with Crippen LogP contribution in [0.5, 0.6) is 0 Å². The van der Waals surface area contributed by atoms with Crippen molar-refractivity contribution in [2.24, 2.45) is 0 Å². The molecule has 3 heteroatoms. The van der Waals surface area contributed by atoms with Crippen molar-refractivity contribution in [2.75, 3.05) is 4.90 Å². The van der Waals surface area contributed by atoms with Crippen LogP contribution in [0.1, 0.15) is 0 Å². The molecule has 0 spiro atoms. The molecule has 49 heavy (non-hydrogen) atoms. The maximum Gasteiger partial charge on any atom is 0.0542 e. The second-order valence-electron chi connectivity index (χ2n) is 12.6. The van der Waals surface area contributed by atoms with E-state index in [0.29, 0.717) is 0 Å². The van der Waals surface area contributed by atoms with E-state index in [-0.39, 0.29) is 0 Å². The number of benzene rings is 8. The van der Waals surface area contributed by atoms with E-state index in [1.807, 2.05) is 0 Å². The first kappa shape index (κ1) is 27.5. The number of hydrogen-bond acceptors (Lipinski definition) is 1. The number of nitrogens with zero attached hydrogens (tertiary/aromatic N) is 3. The highest BCUT2D eigenvalue weighted by Crippen LogP contribution is 2.42. The van der Waals surface area contributed by atoms with Gasteiger partial charge in [0.25, 0.3) is 0 Å². The van der Waals surface area contributed by atoms with E-state index in [4.69, 9.17) is 0 Å². The number of rotatable bonds is 5. The fraction of sp³-hybridized carbons (Fsp3) is 0. The highest BCUT2D eigenvalue weighted by atomic mass is 15.1. The molecule has 0 radical (unpaired) electrons. The Morgan fingerprint density at radius 1 is 0.286 bits per heavy atom. The van der Waals surface area contributed by atoms with Crippen LogP contribution in [0.15, 0.2) is 188 Å². The molecular weight excluding hydrogens is 595 g/mol. The van der Waals surface area contributed by atoms with Crippen molar-refractivity contribution >= 4 is 71.4 Å². The van der Waals surface area contributed by atoms with Gasteiger partial charge in [-0.25, -0.2) is 0 Å². The Balaban J connectivity index is 1.19. The molecule has 10 aromatic rings. The highest BCUT2D eigenvalue weighted by Gasteiger charge is 2.19. The minimum atomic E-state index is 1.12. The van der Waals surface area contributed by atoms with Gasteiger partial charge in [0, 0.05) is 50.0 Å². The summed E-state index contributed by atoms with van der Waals surface area (Å²) >= 11 is 0. The second-order valence-corrected chi connectivity index (χ2v) is 12.6. The van der Waals surface area contributed by atoms with E-state index >= 15 is 0 Å². The minimum Gasteiger partial charge on any atom is -0.310 e. The molecule has 230 valence electrons. The highest BCUT2D eigenvalue weighted by molar-refractivity contribution is 6.12. The molecule has 0 bridgehead atoms. The fourth-order valence-corrected chi connectivity index (χ4v) is 7.67. The molecule has 2 heterocycles. The van der Waals surface area contributed by atoms with Gasteiger partial charge in [0.1, 0.15) is 0 Å². The lowest BCUT2D eigenvalue weighted by molar-refractivity contribution is 1.18. The average molecular weight is 626 g/mol.